The van der Waals surface area contributed by atoms with Gasteiger partial charge in [-0.1, -0.05) is 48.5 Å². The van der Waals surface area contributed by atoms with Gasteiger partial charge in [-0.25, -0.2) is 0 Å². The number of aryl methyl sites for hydroxylation is 2. The average molecular weight is 913 g/mol. The van der Waals surface area contributed by atoms with Crippen molar-refractivity contribution in [2.75, 3.05) is 40.3 Å². The van der Waals surface area contributed by atoms with Crippen LogP contribution < -0.4 is 42.5 Å². The molecule has 2 aliphatic heterocycles. The summed E-state index contributed by atoms with van der Waals surface area (Å²) in [6, 6.07) is 10.3. The molecule has 2 aliphatic carbocycles. The normalized spacial score (nSPS) is 21.8. The lowest BCUT2D eigenvalue weighted by Crippen LogP contribution is -2.57. The molecule has 4 aliphatic rings. The number of likely N-dealkylation sites (N-methyl/N-ethyl adjacent to an activating group) is 2. The quantitative estimate of drug-likeness (QED) is 0.0912. The lowest BCUT2D eigenvalue weighted by Gasteiger charge is -2.32. The van der Waals surface area contributed by atoms with Crippen LogP contribution in [0.25, 0.3) is 0 Å². The van der Waals surface area contributed by atoms with E-state index in [9.17, 15) is 38.4 Å². The Kier molecular flexibility index (Phi) is 17.7. The number of hydrogen-bond acceptors (Lipinski definition) is 10. The second-order valence-corrected chi connectivity index (χ2v) is 17.9. The first-order chi connectivity index (χ1) is 31.8. The van der Waals surface area contributed by atoms with E-state index >= 15 is 0 Å². The highest BCUT2D eigenvalue weighted by molar-refractivity contribution is 5.97. The highest BCUT2D eigenvalue weighted by Gasteiger charge is 2.41. The molecular weight excluding hydrogens is 845 g/mol. The third-order valence-electron chi connectivity index (χ3n) is 13.5. The van der Waals surface area contributed by atoms with Crippen molar-refractivity contribution in [3.63, 3.8) is 0 Å². The number of carbonyl (C=O) groups excluding carboxylic acids is 8. The minimum absolute atomic E-state index is 0.0512. The number of fused-ring (bicyclic) bond motifs is 2. The molecule has 2 heterocycles. The van der Waals surface area contributed by atoms with Crippen LogP contribution in [-0.4, -0.2) is 134 Å². The van der Waals surface area contributed by atoms with E-state index in [0.29, 0.717) is 38.8 Å². The predicted octanol–water partition coefficient (Wildman–Crippen LogP) is 0.554. The number of carbonyl (C=O) groups is 8. The maximum atomic E-state index is 14.1. The fourth-order valence-electron chi connectivity index (χ4n) is 9.52. The zero-order valence-corrected chi connectivity index (χ0v) is 38.7. The number of likely N-dealkylation sites (tertiary alicyclic amines) is 2. The van der Waals surface area contributed by atoms with Gasteiger partial charge in [0.1, 0.15) is 24.2 Å². The Hall–Kier alpha value is -5.88. The number of benzene rings is 2. The molecule has 8 amide bonds. The lowest BCUT2D eigenvalue weighted by molar-refractivity contribution is -0.143. The van der Waals surface area contributed by atoms with Crippen molar-refractivity contribution >= 4 is 47.3 Å². The smallest absolute Gasteiger partial charge is 0.246 e. The van der Waals surface area contributed by atoms with E-state index in [1.165, 1.54) is 20.9 Å². The van der Waals surface area contributed by atoms with Gasteiger partial charge < -0.3 is 52.3 Å². The molecule has 2 fully saturated rings. The summed E-state index contributed by atoms with van der Waals surface area (Å²) in [6.07, 6.45) is 6.52. The summed E-state index contributed by atoms with van der Waals surface area (Å²) in [5.74, 6) is -3.77. The molecule has 0 unspecified atom stereocenters. The van der Waals surface area contributed by atoms with Gasteiger partial charge in [-0.3, -0.25) is 38.4 Å². The van der Waals surface area contributed by atoms with E-state index in [4.69, 9.17) is 0 Å². The number of rotatable bonds is 19. The zero-order valence-electron chi connectivity index (χ0n) is 38.7. The van der Waals surface area contributed by atoms with Gasteiger partial charge in [0.2, 0.25) is 47.3 Å². The van der Waals surface area contributed by atoms with Gasteiger partial charge in [-0.15, -0.1) is 0 Å². The largest absolute Gasteiger partial charge is 0.354 e. The number of hydrogen-bond donors (Lipinski definition) is 8. The van der Waals surface area contributed by atoms with Crippen molar-refractivity contribution in [2.24, 2.45) is 0 Å². The van der Waals surface area contributed by atoms with Crippen LogP contribution in [0, 0.1) is 0 Å². The standard InChI is InChI=1S/C48H68N10O8/c1-29(49-3)43(61)55-37(47(65)57-25-11-21-39(57)45(63)53-35-19-9-15-31-13-5-7-17-33(31)35)27-41(59)51-23-24-52-42(60)28-38(56-44(62)30(2)50-4)48(66)58-26-12-22-40(58)46(64)54-36-20-10-16-32-14-6-8-18-34(32)36/h5-8,13-14,17-18,29-30,35-40,49-50H,9-12,15-16,19-28H2,1-4H3,(H,51,59)(H,52,60)(H,53,63)(H,54,64)(H,55,61)(H,56,62)/t29-,30-,35+,36+,37-,38-,39-,40-/m0/s1. The van der Waals surface area contributed by atoms with Crippen LogP contribution in [-0.2, 0) is 51.2 Å². The summed E-state index contributed by atoms with van der Waals surface area (Å²) in [7, 11) is 3.20. The maximum absolute atomic E-state index is 14.1. The van der Waals surface area contributed by atoms with Crippen LogP contribution in [0.5, 0.6) is 0 Å². The molecule has 2 aromatic carbocycles. The second kappa shape index (κ2) is 23.5. The molecule has 358 valence electrons. The summed E-state index contributed by atoms with van der Waals surface area (Å²) >= 11 is 0. The molecule has 2 aromatic rings. The van der Waals surface area contributed by atoms with E-state index in [1.54, 1.807) is 27.9 Å². The van der Waals surface area contributed by atoms with Gasteiger partial charge in [0, 0.05) is 26.2 Å². The van der Waals surface area contributed by atoms with Crippen molar-refractivity contribution in [1.82, 2.24) is 52.3 Å². The lowest BCUT2D eigenvalue weighted by atomic mass is 9.87. The molecule has 18 nitrogen and oxygen atoms in total. The van der Waals surface area contributed by atoms with Gasteiger partial charge in [0.25, 0.3) is 0 Å². The van der Waals surface area contributed by atoms with Gasteiger partial charge in [0.15, 0.2) is 0 Å². The van der Waals surface area contributed by atoms with Crippen LogP contribution in [0.1, 0.15) is 112 Å². The minimum Gasteiger partial charge on any atom is -0.354 e. The zero-order chi connectivity index (χ0) is 47.3. The Morgan fingerprint density at radius 1 is 0.561 bits per heavy atom. The van der Waals surface area contributed by atoms with Gasteiger partial charge in [-0.05, 0) is 114 Å². The number of nitrogens with zero attached hydrogens (tertiary/aromatic N) is 2. The summed E-state index contributed by atoms with van der Waals surface area (Å²) in [5.41, 5.74) is 4.53. The number of amides is 8. The number of nitrogens with one attached hydrogen (secondary N) is 8. The first kappa shape index (κ1) is 49.6. The molecule has 2 saturated heterocycles. The predicted molar refractivity (Wildman–Crippen MR) is 246 cm³/mol. The Balaban J connectivity index is 1.03. The molecule has 6 rings (SSSR count). The SMILES string of the molecule is CN[C@@H](C)C(=O)N[C@@H](CC(=O)NCCNC(=O)C[C@H](NC(=O)[C@H](C)NC)C(=O)N1CCC[C@H]1C(=O)N[C@@H]1CCCc2ccccc21)C(=O)N1CCC[C@H]1C(=O)N[C@@H]1CCCc2ccccc21. The highest BCUT2D eigenvalue weighted by Crippen LogP contribution is 2.32. The Morgan fingerprint density at radius 2 is 0.955 bits per heavy atom. The maximum Gasteiger partial charge on any atom is 0.246 e. The summed E-state index contributed by atoms with van der Waals surface area (Å²) in [5, 5.41) is 22.8. The third-order valence-corrected chi connectivity index (χ3v) is 13.5. The van der Waals surface area contributed by atoms with E-state index in [-0.39, 0.29) is 37.0 Å². The molecule has 8 atom stereocenters. The first-order valence-electron chi connectivity index (χ1n) is 23.7. The van der Waals surface area contributed by atoms with Crippen molar-refractivity contribution in [3.05, 3.63) is 70.8 Å². The van der Waals surface area contributed by atoms with Crippen LogP contribution in [0.2, 0.25) is 0 Å². The van der Waals surface area contributed by atoms with Gasteiger partial charge in [-0.2, -0.15) is 0 Å². The van der Waals surface area contributed by atoms with E-state index in [1.807, 2.05) is 36.4 Å². The van der Waals surface area contributed by atoms with Crippen LogP contribution in [0.3, 0.4) is 0 Å². The van der Waals surface area contributed by atoms with Gasteiger partial charge >= 0.3 is 0 Å². The monoisotopic (exact) mass is 913 g/mol. The molecule has 0 radical (unpaired) electrons. The summed E-state index contributed by atoms with van der Waals surface area (Å²) < 4.78 is 0. The molecule has 18 heteroatoms. The third kappa shape index (κ3) is 12.5. The van der Waals surface area contributed by atoms with Crippen molar-refractivity contribution in [2.45, 2.75) is 139 Å². The minimum atomic E-state index is -1.27. The van der Waals surface area contributed by atoms with Crippen molar-refractivity contribution < 1.29 is 38.4 Å². The van der Waals surface area contributed by atoms with Crippen LogP contribution in [0.15, 0.2) is 48.5 Å². The fourth-order valence-corrected chi connectivity index (χ4v) is 9.52. The van der Waals surface area contributed by atoms with E-state index in [0.717, 1.165) is 49.7 Å². The van der Waals surface area contributed by atoms with Crippen molar-refractivity contribution in [1.29, 1.82) is 0 Å². The molecule has 8 N–H and O–H groups in total. The molecule has 0 saturated carbocycles. The average Bonchev–Trinajstić information content (AvgIpc) is 4.03. The Bertz CT molecular complexity index is 1950. The van der Waals surface area contributed by atoms with Crippen LogP contribution in [0.4, 0.5) is 0 Å². The molecular formula is C48H68N10O8. The topological polar surface area (TPSA) is 239 Å². The van der Waals surface area contributed by atoms with E-state index < -0.39 is 84.5 Å². The molecule has 0 spiro atoms. The summed E-state index contributed by atoms with van der Waals surface area (Å²) in [4.78, 5) is 111. The Labute approximate surface area is 387 Å². The molecule has 0 aromatic heterocycles. The van der Waals surface area contributed by atoms with Crippen molar-refractivity contribution in [3.8, 4) is 0 Å². The molecule has 66 heavy (non-hydrogen) atoms. The van der Waals surface area contributed by atoms with E-state index in [2.05, 4.69) is 54.7 Å². The fraction of sp³-hybridized carbons (Fsp3) is 0.583. The van der Waals surface area contributed by atoms with Gasteiger partial charge in [0.05, 0.1) is 37.0 Å². The highest BCUT2D eigenvalue weighted by atomic mass is 16.2. The summed E-state index contributed by atoms with van der Waals surface area (Å²) in [6.45, 7) is 3.72. The van der Waals surface area contributed by atoms with Crippen LogP contribution >= 0.6 is 0 Å². The first-order valence-corrected chi connectivity index (χ1v) is 23.7. The second-order valence-electron chi connectivity index (χ2n) is 17.9. The molecule has 0 bridgehead atoms. The Morgan fingerprint density at radius 3 is 1.35 bits per heavy atom.